The molecule has 0 aliphatic heterocycles. The van der Waals surface area contributed by atoms with Crippen LogP contribution in [0.1, 0.15) is 26.2 Å². The van der Waals surface area contributed by atoms with E-state index in [-0.39, 0.29) is 10.7 Å². The molecule has 1 aliphatic carbocycles. The summed E-state index contributed by atoms with van der Waals surface area (Å²) in [4.78, 5) is 14.4. The minimum absolute atomic E-state index is 0.0619. The second-order valence-corrected chi connectivity index (χ2v) is 5.26. The Hall–Kier alpha value is -1.36. The summed E-state index contributed by atoms with van der Waals surface area (Å²) in [6.07, 6.45) is 5.08. The number of nitrogens with one attached hydrogen (secondary N) is 1. The molecule has 1 aromatic rings. The molecule has 1 aliphatic rings. The minimum Gasteiger partial charge on any atom is -0.364 e. The van der Waals surface area contributed by atoms with E-state index in [1.54, 1.807) is 0 Å². The van der Waals surface area contributed by atoms with Crippen molar-refractivity contribution < 1.29 is 4.92 Å². The van der Waals surface area contributed by atoms with Crippen LogP contribution in [0.15, 0.2) is 12.3 Å². The molecular formula is C12H16ClN3O2. The number of nitro groups is 1. The molecule has 1 heterocycles. The first-order chi connectivity index (χ1) is 8.58. The van der Waals surface area contributed by atoms with E-state index in [1.165, 1.54) is 31.5 Å². The molecule has 1 fully saturated rings. The molecule has 1 saturated carbocycles. The Bertz CT molecular complexity index is 453. The van der Waals surface area contributed by atoms with Crippen molar-refractivity contribution in [1.29, 1.82) is 0 Å². The van der Waals surface area contributed by atoms with Crippen molar-refractivity contribution >= 4 is 23.1 Å². The Morgan fingerprint density at radius 1 is 1.61 bits per heavy atom. The summed E-state index contributed by atoms with van der Waals surface area (Å²) in [5.74, 6) is 1.55. The van der Waals surface area contributed by atoms with E-state index >= 15 is 0 Å². The number of hydrogen-bond donors (Lipinski definition) is 1. The van der Waals surface area contributed by atoms with Crippen molar-refractivity contribution in [1.82, 2.24) is 4.98 Å². The molecule has 1 aromatic heterocycles. The van der Waals surface area contributed by atoms with E-state index in [0.29, 0.717) is 17.7 Å². The zero-order valence-electron chi connectivity index (χ0n) is 10.2. The van der Waals surface area contributed by atoms with Crippen molar-refractivity contribution in [3.63, 3.8) is 0 Å². The number of halogens is 1. The van der Waals surface area contributed by atoms with Crippen LogP contribution >= 0.6 is 11.6 Å². The molecule has 1 N–H and O–H groups in total. The third-order valence-corrected chi connectivity index (χ3v) is 3.81. The van der Waals surface area contributed by atoms with Gasteiger partial charge in [0.2, 0.25) is 5.82 Å². The summed E-state index contributed by atoms with van der Waals surface area (Å²) in [6.45, 7) is 2.96. The largest absolute Gasteiger partial charge is 0.364 e. The number of nitrogens with zero attached hydrogens (tertiary/aromatic N) is 2. The van der Waals surface area contributed by atoms with Gasteiger partial charge in [-0.25, -0.2) is 4.98 Å². The van der Waals surface area contributed by atoms with E-state index in [4.69, 9.17) is 11.6 Å². The first-order valence-corrected chi connectivity index (χ1v) is 6.49. The van der Waals surface area contributed by atoms with Crippen LogP contribution < -0.4 is 5.32 Å². The monoisotopic (exact) mass is 269 g/mol. The molecule has 2 unspecified atom stereocenters. The van der Waals surface area contributed by atoms with Gasteiger partial charge in [0, 0.05) is 18.8 Å². The van der Waals surface area contributed by atoms with Crippen LogP contribution in [0, 0.1) is 22.0 Å². The van der Waals surface area contributed by atoms with E-state index in [9.17, 15) is 10.1 Å². The second kappa shape index (κ2) is 5.52. The maximum atomic E-state index is 10.9. The molecule has 18 heavy (non-hydrogen) atoms. The number of hydrogen-bond acceptors (Lipinski definition) is 4. The lowest BCUT2D eigenvalue weighted by Gasteiger charge is -2.16. The zero-order valence-corrected chi connectivity index (χ0v) is 11.0. The lowest BCUT2D eigenvalue weighted by Crippen LogP contribution is -2.17. The van der Waals surface area contributed by atoms with Gasteiger partial charge < -0.3 is 5.32 Å². The molecule has 0 amide bonds. The van der Waals surface area contributed by atoms with Crippen LogP contribution in [0.2, 0.25) is 5.02 Å². The molecule has 0 spiro atoms. The Morgan fingerprint density at radius 3 is 3.00 bits per heavy atom. The smallest absolute Gasteiger partial charge is 0.312 e. The van der Waals surface area contributed by atoms with Gasteiger partial charge in [-0.1, -0.05) is 31.4 Å². The Balaban J connectivity index is 2.06. The van der Waals surface area contributed by atoms with Crippen LogP contribution in [-0.2, 0) is 0 Å². The van der Waals surface area contributed by atoms with Gasteiger partial charge in [0.25, 0.3) is 0 Å². The van der Waals surface area contributed by atoms with Gasteiger partial charge in [0.15, 0.2) is 0 Å². The molecule has 6 heteroatoms. The quantitative estimate of drug-likeness (QED) is 0.671. The molecule has 2 atom stereocenters. The van der Waals surface area contributed by atoms with Crippen molar-refractivity contribution in [2.45, 2.75) is 26.2 Å². The second-order valence-electron chi connectivity index (χ2n) is 4.83. The van der Waals surface area contributed by atoms with Crippen molar-refractivity contribution in [2.75, 3.05) is 11.9 Å². The average molecular weight is 270 g/mol. The third-order valence-electron chi connectivity index (χ3n) is 3.60. The predicted octanol–water partition coefficient (Wildman–Crippen LogP) is 3.49. The van der Waals surface area contributed by atoms with Crippen LogP contribution in [0.25, 0.3) is 0 Å². The SMILES string of the molecule is CC1CCCC1CNc1ncc(Cl)cc1[N+](=O)[O-]. The normalized spacial score (nSPS) is 23.0. The van der Waals surface area contributed by atoms with Crippen molar-refractivity contribution in [2.24, 2.45) is 11.8 Å². The summed E-state index contributed by atoms with van der Waals surface area (Å²) in [7, 11) is 0. The number of pyridine rings is 1. The highest BCUT2D eigenvalue weighted by Crippen LogP contribution is 2.32. The zero-order chi connectivity index (χ0) is 13.1. The summed E-state index contributed by atoms with van der Waals surface area (Å²) in [5.41, 5.74) is -0.0619. The van der Waals surface area contributed by atoms with E-state index < -0.39 is 4.92 Å². The van der Waals surface area contributed by atoms with E-state index in [0.717, 1.165) is 6.54 Å². The van der Waals surface area contributed by atoms with E-state index in [2.05, 4.69) is 17.2 Å². The summed E-state index contributed by atoms with van der Waals surface area (Å²) in [5, 5.41) is 14.3. The number of rotatable bonds is 4. The number of aromatic nitrogens is 1. The van der Waals surface area contributed by atoms with E-state index in [1.807, 2.05) is 0 Å². The fourth-order valence-electron chi connectivity index (χ4n) is 2.46. The first-order valence-electron chi connectivity index (χ1n) is 6.11. The van der Waals surface area contributed by atoms with Gasteiger partial charge in [-0.3, -0.25) is 10.1 Å². The minimum atomic E-state index is -0.459. The van der Waals surface area contributed by atoms with Crippen molar-refractivity contribution in [3.8, 4) is 0 Å². The third kappa shape index (κ3) is 2.90. The highest BCUT2D eigenvalue weighted by atomic mass is 35.5. The molecule has 5 nitrogen and oxygen atoms in total. The fourth-order valence-corrected chi connectivity index (χ4v) is 2.61. The van der Waals surface area contributed by atoms with Gasteiger partial charge in [-0.15, -0.1) is 0 Å². The molecule has 98 valence electrons. The average Bonchev–Trinajstić information content (AvgIpc) is 2.73. The lowest BCUT2D eigenvalue weighted by molar-refractivity contribution is -0.384. The lowest BCUT2D eigenvalue weighted by atomic mass is 9.98. The maximum absolute atomic E-state index is 10.9. The van der Waals surface area contributed by atoms with Gasteiger partial charge in [-0.2, -0.15) is 0 Å². The summed E-state index contributed by atoms with van der Waals surface area (Å²) in [6, 6.07) is 1.33. The van der Waals surface area contributed by atoms with Gasteiger partial charge in [-0.05, 0) is 18.3 Å². The summed E-state index contributed by atoms with van der Waals surface area (Å²) >= 11 is 5.72. The van der Waals surface area contributed by atoms with Crippen LogP contribution in [0.3, 0.4) is 0 Å². The van der Waals surface area contributed by atoms with Gasteiger partial charge in [0.05, 0.1) is 9.95 Å². The Labute approximate surface area is 111 Å². The maximum Gasteiger partial charge on any atom is 0.312 e. The van der Waals surface area contributed by atoms with Crippen LogP contribution in [-0.4, -0.2) is 16.5 Å². The standard InChI is InChI=1S/C12H16ClN3O2/c1-8-3-2-4-9(8)6-14-12-11(16(17)18)5-10(13)7-15-12/h5,7-9H,2-4,6H2,1H3,(H,14,15). The molecule has 0 aromatic carbocycles. The van der Waals surface area contributed by atoms with Crippen molar-refractivity contribution in [3.05, 3.63) is 27.4 Å². The summed E-state index contributed by atoms with van der Waals surface area (Å²) < 4.78 is 0. The fraction of sp³-hybridized carbons (Fsp3) is 0.583. The molecular weight excluding hydrogens is 254 g/mol. The van der Waals surface area contributed by atoms with Gasteiger partial charge >= 0.3 is 5.69 Å². The highest BCUT2D eigenvalue weighted by molar-refractivity contribution is 6.30. The molecule has 0 bridgehead atoms. The Morgan fingerprint density at radius 2 is 2.39 bits per heavy atom. The topological polar surface area (TPSA) is 68.1 Å². The molecule has 0 radical (unpaired) electrons. The number of anilines is 1. The Kier molecular flexibility index (Phi) is 4.01. The first kappa shape index (κ1) is 13.1. The highest BCUT2D eigenvalue weighted by Gasteiger charge is 2.24. The van der Waals surface area contributed by atoms with Gasteiger partial charge in [0.1, 0.15) is 0 Å². The molecule has 2 rings (SSSR count). The molecule has 0 saturated heterocycles. The predicted molar refractivity (Wildman–Crippen MR) is 70.9 cm³/mol. The van der Waals surface area contributed by atoms with Crippen LogP contribution in [0.4, 0.5) is 11.5 Å². The van der Waals surface area contributed by atoms with Crippen LogP contribution in [0.5, 0.6) is 0 Å².